The number of rotatable bonds is 5. The molecule has 0 saturated carbocycles. The number of aromatic nitrogens is 7. The van der Waals surface area contributed by atoms with Gasteiger partial charge in [0.05, 0.1) is 11.4 Å². The van der Waals surface area contributed by atoms with Crippen LogP contribution >= 0.6 is 23.4 Å². The molecule has 142 valence electrons. The van der Waals surface area contributed by atoms with E-state index in [1.165, 1.54) is 16.4 Å². The summed E-state index contributed by atoms with van der Waals surface area (Å²) >= 11 is 7.25. The molecule has 4 rings (SSSR count). The molecule has 0 atom stereocenters. The molecule has 0 aliphatic carbocycles. The lowest BCUT2D eigenvalue weighted by atomic mass is 10.3. The van der Waals surface area contributed by atoms with Crippen molar-refractivity contribution in [3.63, 3.8) is 0 Å². The molecule has 3 aromatic heterocycles. The van der Waals surface area contributed by atoms with Gasteiger partial charge >= 0.3 is 0 Å². The highest BCUT2D eigenvalue weighted by Crippen LogP contribution is 2.23. The lowest BCUT2D eigenvalue weighted by Gasteiger charge is -2.07. The Morgan fingerprint density at radius 2 is 1.93 bits per heavy atom. The quantitative estimate of drug-likeness (QED) is 0.369. The molecule has 0 saturated heterocycles. The van der Waals surface area contributed by atoms with Gasteiger partial charge < -0.3 is 0 Å². The van der Waals surface area contributed by atoms with Gasteiger partial charge in [0.15, 0.2) is 5.69 Å². The summed E-state index contributed by atoms with van der Waals surface area (Å²) in [7, 11) is 1.84. The largest absolute Gasteiger partial charge is 0.297 e. The number of hydrogen-bond acceptors (Lipinski definition) is 6. The van der Waals surface area contributed by atoms with Crippen molar-refractivity contribution in [1.29, 1.82) is 0 Å². The molecular weight excluding hydrogens is 398 g/mol. The number of para-hydroxylation sites is 1. The SMILES string of the molecule is Cc1c(-n2nnnc2SCc2ccc(Cl)nc2)c(=O)n(-c2ccccc2)n1C. The van der Waals surface area contributed by atoms with Crippen molar-refractivity contribution in [2.24, 2.45) is 7.05 Å². The number of pyridine rings is 1. The van der Waals surface area contributed by atoms with E-state index in [9.17, 15) is 4.79 Å². The molecule has 1 aromatic carbocycles. The highest BCUT2D eigenvalue weighted by molar-refractivity contribution is 7.98. The Hall–Kier alpha value is -2.91. The minimum atomic E-state index is -0.187. The maximum atomic E-state index is 13.2. The van der Waals surface area contributed by atoms with Crippen molar-refractivity contribution >= 4 is 23.4 Å². The van der Waals surface area contributed by atoms with Crippen LogP contribution in [-0.4, -0.2) is 34.6 Å². The van der Waals surface area contributed by atoms with E-state index in [1.54, 1.807) is 21.6 Å². The fourth-order valence-corrected chi connectivity index (χ4v) is 3.77. The van der Waals surface area contributed by atoms with Crippen molar-refractivity contribution < 1.29 is 0 Å². The zero-order valence-corrected chi connectivity index (χ0v) is 16.7. The van der Waals surface area contributed by atoms with Gasteiger partial charge in [0.25, 0.3) is 5.56 Å². The minimum absolute atomic E-state index is 0.187. The fraction of sp³-hybridized carbons (Fsp3) is 0.167. The molecule has 0 amide bonds. The van der Waals surface area contributed by atoms with Crippen molar-refractivity contribution in [1.82, 2.24) is 34.6 Å². The highest BCUT2D eigenvalue weighted by Gasteiger charge is 2.21. The van der Waals surface area contributed by atoms with Gasteiger partial charge in [0.2, 0.25) is 5.16 Å². The molecular formula is C18H16ClN7OS. The lowest BCUT2D eigenvalue weighted by molar-refractivity contribution is 0.630. The zero-order valence-electron chi connectivity index (χ0n) is 15.2. The molecule has 0 N–H and O–H groups in total. The van der Waals surface area contributed by atoms with Crippen molar-refractivity contribution in [3.05, 3.63) is 75.4 Å². The van der Waals surface area contributed by atoms with Crippen molar-refractivity contribution in [2.75, 3.05) is 0 Å². The second-order valence-electron chi connectivity index (χ2n) is 6.06. The molecule has 8 nitrogen and oxygen atoms in total. The number of hydrogen-bond donors (Lipinski definition) is 0. The van der Waals surface area contributed by atoms with E-state index < -0.39 is 0 Å². The second kappa shape index (κ2) is 7.61. The Morgan fingerprint density at radius 3 is 2.64 bits per heavy atom. The second-order valence-corrected chi connectivity index (χ2v) is 7.39. The highest BCUT2D eigenvalue weighted by atomic mass is 35.5. The molecule has 0 unspecified atom stereocenters. The van der Waals surface area contributed by atoms with Gasteiger partial charge in [-0.15, -0.1) is 5.10 Å². The fourth-order valence-electron chi connectivity index (χ4n) is 2.85. The van der Waals surface area contributed by atoms with Crippen LogP contribution in [0.25, 0.3) is 11.4 Å². The summed E-state index contributed by atoms with van der Waals surface area (Å²) in [6, 6.07) is 13.1. The van der Waals surface area contributed by atoms with Crippen LogP contribution in [0.4, 0.5) is 0 Å². The van der Waals surface area contributed by atoms with Gasteiger partial charge in [0.1, 0.15) is 5.15 Å². The Bertz CT molecular complexity index is 1170. The number of benzene rings is 1. The summed E-state index contributed by atoms with van der Waals surface area (Å²) in [5, 5.41) is 12.9. The van der Waals surface area contributed by atoms with E-state index in [0.717, 1.165) is 16.9 Å². The standard InChI is InChI=1S/C18H16ClN7OS/c1-12-16(17(27)26(24(12)2)14-6-4-3-5-7-14)25-18(21-22-23-25)28-11-13-8-9-15(19)20-10-13/h3-10H,11H2,1-2H3. The maximum Gasteiger partial charge on any atom is 0.297 e. The van der Waals surface area contributed by atoms with Crippen molar-refractivity contribution in [2.45, 2.75) is 17.8 Å². The number of tetrazole rings is 1. The predicted molar refractivity (Wildman–Crippen MR) is 107 cm³/mol. The van der Waals surface area contributed by atoms with Crippen LogP contribution in [0.5, 0.6) is 0 Å². The average Bonchev–Trinajstić information content (AvgIpc) is 3.24. The zero-order chi connectivity index (χ0) is 19.7. The molecule has 0 aliphatic heterocycles. The summed E-state index contributed by atoms with van der Waals surface area (Å²) in [6.45, 7) is 1.87. The summed E-state index contributed by atoms with van der Waals surface area (Å²) in [4.78, 5) is 17.2. The third-order valence-electron chi connectivity index (χ3n) is 4.33. The molecule has 0 bridgehead atoms. The molecule has 28 heavy (non-hydrogen) atoms. The van der Waals surface area contributed by atoms with E-state index in [-0.39, 0.29) is 5.56 Å². The van der Waals surface area contributed by atoms with E-state index in [4.69, 9.17) is 11.6 Å². The first-order valence-corrected chi connectivity index (χ1v) is 9.78. The predicted octanol–water partition coefficient (Wildman–Crippen LogP) is 2.80. The van der Waals surface area contributed by atoms with E-state index in [2.05, 4.69) is 20.5 Å². The first-order valence-electron chi connectivity index (χ1n) is 8.42. The molecule has 10 heteroatoms. The monoisotopic (exact) mass is 413 g/mol. The van der Waals surface area contributed by atoms with Crippen LogP contribution in [0.1, 0.15) is 11.3 Å². The van der Waals surface area contributed by atoms with Crippen LogP contribution in [0.2, 0.25) is 5.15 Å². The molecule has 0 spiro atoms. The Balaban J connectivity index is 1.70. The molecule has 0 radical (unpaired) electrons. The Kier molecular flexibility index (Phi) is 5.01. The molecule has 0 fully saturated rings. The summed E-state index contributed by atoms with van der Waals surface area (Å²) in [5.41, 5.74) is 2.76. The van der Waals surface area contributed by atoms with Crippen LogP contribution < -0.4 is 5.56 Å². The van der Waals surface area contributed by atoms with Gasteiger partial charge in [-0.25, -0.2) is 9.67 Å². The Labute approximate surface area is 169 Å². The van der Waals surface area contributed by atoms with E-state index in [1.807, 2.05) is 50.4 Å². The lowest BCUT2D eigenvalue weighted by Crippen LogP contribution is -2.22. The Morgan fingerprint density at radius 1 is 1.14 bits per heavy atom. The van der Waals surface area contributed by atoms with Crippen LogP contribution in [0.15, 0.2) is 58.6 Å². The van der Waals surface area contributed by atoms with Crippen LogP contribution in [0.3, 0.4) is 0 Å². The third kappa shape index (κ3) is 3.34. The smallest absolute Gasteiger partial charge is 0.283 e. The third-order valence-corrected chi connectivity index (χ3v) is 5.55. The summed E-state index contributed by atoms with van der Waals surface area (Å²) < 4.78 is 4.89. The number of thioether (sulfide) groups is 1. The molecule has 3 heterocycles. The van der Waals surface area contributed by atoms with E-state index in [0.29, 0.717) is 21.7 Å². The van der Waals surface area contributed by atoms with Gasteiger partial charge in [-0.3, -0.25) is 9.48 Å². The molecule has 4 aromatic rings. The summed E-state index contributed by atoms with van der Waals surface area (Å²) in [5.74, 6) is 0.600. The van der Waals surface area contributed by atoms with Crippen molar-refractivity contribution in [3.8, 4) is 11.4 Å². The van der Waals surface area contributed by atoms with Crippen LogP contribution in [0, 0.1) is 6.92 Å². The first kappa shape index (κ1) is 18.5. The summed E-state index contributed by atoms with van der Waals surface area (Å²) in [6.07, 6.45) is 1.71. The van der Waals surface area contributed by atoms with E-state index >= 15 is 0 Å². The minimum Gasteiger partial charge on any atom is -0.283 e. The first-order chi connectivity index (χ1) is 13.6. The molecule has 0 aliphatic rings. The topological polar surface area (TPSA) is 83.4 Å². The maximum absolute atomic E-state index is 13.2. The average molecular weight is 414 g/mol. The van der Waals surface area contributed by atoms with Gasteiger partial charge in [-0.2, -0.15) is 4.68 Å². The normalized spacial score (nSPS) is 11.1. The van der Waals surface area contributed by atoms with Crippen LogP contribution in [-0.2, 0) is 12.8 Å². The van der Waals surface area contributed by atoms with Gasteiger partial charge in [-0.05, 0) is 41.1 Å². The number of halogens is 1. The van der Waals surface area contributed by atoms with Gasteiger partial charge in [0, 0.05) is 19.0 Å². The number of nitrogens with zero attached hydrogens (tertiary/aromatic N) is 7. The van der Waals surface area contributed by atoms with Gasteiger partial charge in [-0.1, -0.05) is 47.6 Å².